The molecule has 20 heavy (non-hydrogen) atoms. The Labute approximate surface area is 118 Å². The van der Waals surface area contributed by atoms with Gasteiger partial charge in [0.25, 0.3) is 0 Å². The molecule has 0 saturated carbocycles. The van der Waals surface area contributed by atoms with Gasteiger partial charge in [0.1, 0.15) is 0 Å². The number of hydrogen-bond donors (Lipinski definition) is 0. The first-order valence-corrected chi connectivity index (χ1v) is 6.48. The second-order valence-electron chi connectivity index (χ2n) is 4.76. The first-order valence-electron chi connectivity index (χ1n) is 6.48. The van der Waals surface area contributed by atoms with E-state index in [1.165, 1.54) is 5.56 Å². The summed E-state index contributed by atoms with van der Waals surface area (Å²) in [5.41, 5.74) is 3.07. The predicted molar refractivity (Wildman–Crippen MR) is 82.7 cm³/mol. The maximum atomic E-state index is 4.60. The van der Waals surface area contributed by atoms with Gasteiger partial charge in [0.05, 0.1) is 11.9 Å². The van der Waals surface area contributed by atoms with E-state index in [9.17, 15) is 0 Å². The van der Waals surface area contributed by atoms with Crippen LogP contribution in [0.4, 0.5) is 5.82 Å². The summed E-state index contributed by atoms with van der Waals surface area (Å²) in [5.74, 6) is 0.935. The molecular weight excluding hydrogens is 248 g/mol. The van der Waals surface area contributed by atoms with Crippen LogP contribution in [-0.4, -0.2) is 28.5 Å². The van der Waals surface area contributed by atoms with Gasteiger partial charge in [-0.15, -0.1) is 0 Å². The van der Waals surface area contributed by atoms with Crippen molar-refractivity contribution >= 4 is 23.6 Å². The Kier molecular flexibility index (Phi) is 3.21. The van der Waals surface area contributed by atoms with Crippen molar-refractivity contribution in [3.05, 3.63) is 60.2 Å². The van der Waals surface area contributed by atoms with Crippen molar-refractivity contribution < 1.29 is 0 Å². The minimum Gasteiger partial charge on any atom is -0.361 e. The summed E-state index contributed by atoms with van der Waals surface area (Å²) in [6, 6.07) is 10.2. The summed E-state index contributed by atoms with van der Waals surface area (Å²) < 4.78 is 2.04. The van der Waals surface area contributed by atoms with Crippen LogP contribution >= 0.6 is 0 Å². The number of imidazole rings is 1. The lowest BCUT2D eigenvalue weighted by Gasteiger charge is -2.09. The van der Waals surface area contributed by atoms with Crippen LogP contribution in [0.1, 0.15) is 11.3 Å². The molecule has 3 aromatic rings. The van der Waals surface area contributed by atoms with Crippen molar-refractivity contribution in [3.8, 4) is 0 Å². The molecule has 0 bridgehead atoms. The molecular formula is C16H16N4. The molecule has 4 nitrogen and oxygen atoms in total. The number of fused-ring (bicyclic) bond motifs is 1. The Morgan fingerprint density at radius 1 is 1.10 bits per heavy atom. The summed E-state index contributed by atoms with van der Waals surface area (Å²) in [5, 5.41) is 0. The molecule has 100 valence electrons. The van der Waals surface area contributed by atoms with Crippen LogP contribution < -0.4 is 4.90 Å². The zero-order valence-electron chi connectivity index (χ0n) is 11.6. The molecule has 0 atom stereocenters. The van der Waals surface area contributed by atoms with E-state index in [1.54, 1.807) is 12.4 Å². The second-order valence-corrected chi connectivity index (χ2v) is 4.76. The molecule has 0 aliphatic heterocycles. The number of rotatable bonds is 3. The molecule has 2 aromatic heterocycles. The van der Waals surface area contributed by atoms with E-state index in [4.69, 9.17) is 0 Å². The average molecular weight is 264 g/mol. The molecule has 4 heteroatoms. The first-order chi connectivity index (χ1) is 9.75. The van der Waals surface area contributed by atoms with Crippen molar-refractivity contribution in [1.82, 2.24) is 14.4 Å². The van der Waals surface area contributed by atoms with Gasteiger partial charge in [-0.3, -0.25) is 9.38 Å². The standard InChI is InChI=1S/C16H16N4/c1-19(2)16-14(9-8-13-6-4-3-5-7-13)20-11-10-17-12-15(20)18-16/h3-12H,1-2H3/b9-8+. The van der Waals surface area contributed by atoms with E-state index in [1.807, 2.05) is 47.8 Å². The van der Waals surface area contributed by atoms with Gasteiger partial charge >= 0.3 is 0 Å². The maximum absolute atomic E-state index is 4.60. The number of hydrogen-bond acceptors (Lipinski definition) is 3. The van der Waals surface area contributed by atoms with Crippen molar-refractivity contribution in [1.29, 1.82) is 0 Å². The van der Waals surface area contributed by atoms with Gasteiger partial charge in [-0.25, -0.2) is 4.98 Å². The van der Waals surface area contributed by atoms with Gasteiger partial charge in [-0.05, 0) is 11.6 Å². The average Bonchev–Trinajstić information content (AvgIpc) is 2.85. The molecule has 0 amide bonds. The third-order valence-corrected chi connectivity index (χ3v) is 3.10. The third kappa shape index (κ3) is 2.28. The highest BCUT2D eigenvalue weighted by Gasteiger charge is 2.10. The summed E-state index contributed by atoms with van der Waals surface area (Å²) in [6.45, 7) is 0. The molecule has 0 saturated heterocycles. The summed E-state index contributed by atoms with van der Waals surface area (Å²) >= 11 is 0. The van der Waals surface area contributed by atoms with Crippen LogP contribution in [0.3, 0.4) is 0 Å². The number of nitrogens with zero attached hydrogens (tertiary/aromatic N) is 4. The molecule has 3 rings (SSSR count). The van der Waals surface area contributed by atoms with E-state index >= 15 is 0 Å². The highest BCUT2D eigenvalue weighted by Crippen LogP contribution is 2.21. The number of aromatic nitrogens is 3. The van der Waals surface area contributed by atoms with E-state index in [-0.39, 0.29) is 0 Å². The Morgan fingerprint density at radius 2 is 1.90 bits per heavy atom. The minimum atomic E-state index is 0.851. The van der Waals surface area contributed by atoms with Crippen LogP contribution in [0.5, 0.6) is 0 Å². The van der Waals surface area contributed by atoms with E-state index in [0.29, 0.717) is 0 Å². The van der Waals surface area contributed by atoms with Crippen LogP contribution in [0, 0.1) is 0 Å². The first kappa shape index (κ1) is 12.4. The molecule has 2 heterocycles. The normalized spacial score (nSPS) is 11.3. The van der Waals surface area contributed by atoms with Gasteiger partial charge in [0, 0.05) is 26.5 Å². The Hall–Kier alpha value is -2.62. The quantitative estimate of drug-likeness (QED) is 0.729. The number of anilines is 1. The van der Waals surface area contributed by atoms with Gasteiger partial charge in [-0.1, -0.05) is 36.4 Å². The lowest BCUT2D eigenvalue weighted by Crippen LogP contribution is -2.10. The van der Waals surface area contributed by atoms with Crippen molar-refractivity contribution in [2.24, 2.45) is 0 Å². The van der Waals surface area contributed by atoms with Crippen LogP contribution in [0.25, 0.3) is 17.8 Å². The van der Waals surface area contributed by atoms with Crippen LogP contribution in [-0.2, 0) is 0 Å². The van der Waals surface area contributed by atoms with E-state index in [2.05, 4.69) is 34.3 Å². The van der Waals surface area contributed by atoms with Gasteiger partial charge in [0.15, 0.2) is 11.5 Å². The molecule has 1 aromatic carbocycles. The Morgan fingerprint density at radius 3 is 2.65 bits per heavy atom. The van der Waals surface area contributed by atoms with Crippen molar-refractivity contribution in [2.75, 3.05) is 19.0 Å². The largest absolute Gasteiger partial charge is 0.361 e. The summed E-state index contributed by atoms with van der Waals surface area (Å²) in [4.78, 5) is 10.7. The lowest BCUT2D eigenvalue weighted by molar-refractivity contribution is 1.08. The number of benzene rings is 1. The topological polar surface area (TPSA) is 33.4 Å². The SMILES string of the molecule is CN(C)c1nc2cnccn2c1/C=C/c1ccccc1. The smallest absolute Gasteiger partial charge is 0.158 e. The Bertz CT molecular complexity index is 742. The van der Waals surface area contributed by atoms with Crippen LogP contribution in [0.2, 0.25) is 0 Å². The minimum absolute atomic E-state index is 0.851. The van der Waals surface area contributed by atoms with E-state index in [0.717, 1.165) is 17.2 Å². The zero-order valence-corrected chi connectivity index (χ0v) is 11.6. The summed E-state index contributed by atoms with van der Waals surface area (Å²) in [7, 11) is 3.99. The molecule has 0 radical (unpaired) electrons. The fourth-order valence-corrected chi connectivity index (χ4v) is 2.14. The molecule has 0 aliphatic carbocycles. The third-order valence-electron chi connectivity index (χ3n) is 3.10. The Balaban J connectivity index is 2.10. The van der Waals surface area contributed by atoms with Crippen LogP contribution in [0.15, 0.2) is 48.9 Å². The molecule has 0 spiro atoms. The van der Waals surface area contributed by atoms with Crippen molar-refractivity contribution in [2.45, 2.75) is 0 Å². The fourth-order valence-electron chi connectivity index (χ4n) is 2.14. The highest BCUT2D eigenvalue weighted by molar-refractivity contribution is 5.76. The molecule has 0 fully saturated rings. The second kappa shape index (κ2) is 5.17. The van der Waals surface area contributed by atoms with Gasteiger partial charge < -0.3 is 4.90 Å². The van der Waals surface area contributed by atoms with Crippen molar-refractivity contribution in [3.63, 3.8) is 0 Å². The molecule has 0 unspecified atom stereocenters. The lowest BCUT2D eigenvalue weighted by atomic mass is 10.2. The highest BCUT2D eigenvalue weighted by atomic mass is 15.2. The van der Waals surface area contributed by atoms with E-state index < -0.39 is 0 Å². The zero-order chi connectivity index (χ0) is 13.9. The van der Waals surface area contributed by atoms with Gasteiger partial charge in [-0.2, -0.15) is 0 Å². The fraction of sp³-hybridized carbons (Fsp3) is 0.125. The predicted octanol–water partition coefficient (Wildman–Crippen LogP) is 2.97. The van der Waals surface area contributed by atoms with Gasteiger partial charge in [0.2, 0.25) is 0 Å². The molecule has 0 aliphatic rings. The maximum Gasteiger partial charge on any atom is 0.158 e. The monoisotopic (exact) mass is 264 g/mol. The summed E-state index contributed by atoms with van der Waals surface area (Å²) in [6.07, 6.45) is 9.66. The molecule has 0 N–H and O–H groups in total.